The maximum Gasteiger partial charge on any atom is 0.223 e. The smallest absolute Gasteiger partial charge is 0.223 e. The first-order valence-corrected chi connectivity index (χ1v) is 7.62. The Labute approximate surface area is 142 Å². The van der Waals surface area contributed by atoms with E-state index in [0.29, 0.717) is 17.7 Å². The van der Waals surface area contributed by atoms with Crippen LogP contribution in [-0.2, 0) is 11.3 Å². The van der Waals surface area contributed by atoms with Crippen molar-refractivity contribution in [2.24, 2.45) is 11.7 Å². The molecule has 0 spiro atoms. The van der Waals surface area contributed by atoms with Gasteiger partial charge in [0.1, 0.15) is 0 Å². The lowest BCUT2D eigenvalue weighted by molar-refractivity contribution is -0.114. The largest absolute Gasteiger partial charge is 0.329 e. The number of thiazole rings is 1. The van der Waals surface area contributed by atoms with Crippen LogP contribution in [0.25, 0.3) is 0 Å². The molecule has 8 heteroatoms. The fourth-order valence-corrected chi connectivity index (χ4v) is 3.30. The number of hydrogen-bond donors (Lipinski definition) is 2. The summed E-state index contributed by atoms with van der Waals surface area (Å²) in [5, 5.41) is 5.41. The number of rotatable bonds is 4. The monoisotopic (exact) mass is 354 g/mol. The summed E-state index contributed by atoms with van der Waals surface area (Å²) < 4.78 is 0. The van der Waals surface area contributed by atoms with E-state index in [1.807, 2.05) is 5.38 Å². The molecule has 1 aliphatic heterocycles. The Bertz CT molecular complexity index is 444. The van der Waals surface area contributed by atoms with Gasteiger partial charge in [0.15, 0.2) is 5.13 Å². The highest BCUT2D eigenvalue weighted by Crippen LogP contribution is 2.24. The average Bonchev–Trinajstić information content (AvgIpc) is 2.78. The number of aromatic nitrogens is 1. The van der Waals surface area contributed by atoms with Crippen molar-refractivity contribution >= 4 is 47.2 Å². The van der Waals surface area contributed by atoms with Crippen LogP contribution in [0.4, 0.5) is 5.13 Å². The van der Waals surface area contributed by atoms with E-state index in [0.717, 1.165) is 24.7 Å². The Morgan fingerprint density at radius 1 is 1.57 bits per heavy atom. The van der Waals surface area contributed by atoms with Gasteiger partial charge in [-0.1, -0.05) is 6.92 Å². The van der Waals surface area contributed by atoms with Gasteiger partial charge < -0.3 is 11.1 Å². The van der Waals surface area contributed by atoms with Crippen molar-refractivity contribution in [1.82, 2.24) is 9.88 Å². The molecule has 3 N–H and O–H groups in total. The number of carbonyl (C=O) groups is 1. The number of piperidine rings is 1. The molecule has 1 aromatic rings. The molecule has 5 nitrogen and oxygen atoms in total. The van der Waals surface area contributed by atoms with E-state index < -0.39 is 0 Å². The molecule has 21 heavy (non-hydrogen) atoms. The highest BCUT2D eigenvalue weighted by atomic mass is 35.5. The summed E-state index contributed by atoms with van der Waals surface area (Å²) >= 11 is 1.47. The van der Waals surface area contributed by atoms with Crippen LogP contribution in [0.3, 0.4) is 0 Å². The molecule has 1 aliphatic rings. The van der Waals surface area contributed by atoms with Crippen LogP contribution in [0.2, 0.25) is 0 Å². The van der Waals surface area contributed by atoms with Gasteiger partial charge in [-0.3, -0.25) is 9.69 Å². The maximum absolute atomic E-state index is 11.0. The number of nitrogens with two attached hydrogens (primary N) is 1. The van der Waals surface area contributed by atoms with Crippen LogP contribution in [0.5, 0.6) is 0 Å². The molecule has 122 valence electrons. The van der Waals surface area contributed by atoms with E-state index in [1.165, 1.54) is 31.1 Å². The number of carbonyl (C=O) groups excluding carboxylic acids is 1. The lowest BCUT2D eigenvalue weighted by Crippen LogP contribution is -2.45. The molecule has 1 fully saturated rings. The van der Waals surface area contributed by atoms with Gasteiger partial charge in [0, 0.05) is 31.4 Å². The average molecular weight is 355 g/mol. The van der Waals surface area contributed by atoms with Gasteiger partial charge in [-0.2, -0.15) is 0 Å². The second-order valence-corrected chi connectivity index (χ2v) is 6.17. The summed E-state index contributed by atoms with van der Waals surface area (Å²) in [6, 6.07) is 0.453. The van der Waals surface area contributed by atoms with Crippen molar-refractivity contribution in [3.05, 3.63) is 11.1 Å². The molecular weight excluding hydrogens is 331 g/mol. The van der Waals surface area contributed by atoms with Gasteiger partial charge >= 0.3 is 0 Å². The molecule has 0 aliphatic carbocycles. The van der Waals surface area contributed by atoms with Gasteiger partial charge in [-0.15, -0.1) is 36.2 Å². The van der Waals surface area contributed by atoms with Crippen molar-refractivity contribution in [2.45, 2.75) is 39.3 Å². The number of nitrogens with zero attached hydrogens (tertiary/aromatic N) is 2. The quantitative estimate of drug-likeness (QED) is 0.871. The summed E-state index contributed by atoms with van der Waals surface area (Å²) in [5.74, 6) is 0.683. The Morgan fingerprint density at radius 2 is 2.29 bits per heavy atom. The Balaban J connectivity index is 0.00000200. The summed E-state index contributed by atoms with van der Waals surface area (Å²) in [7, 11) is 0. The zero-order chi connectivity index (χ0) is 13.8. The molecule has 1 saturated heterocycles. The van der Waals surface area contributed by atoms with Crippen LogP contribution < -0.4 is 11.1 Å². The predicted octanol–water partition coefficient (Wildman–Crippen LogP) is 2.50. The van der Waals surface area contributed by atoms with Crippen LogP contribution in [0, 0.1) is 5.92 Å². The normalized spacial score (nSPS) is 22.0. The second-order valence-electron chi connectivity index (χ2n) is 5.31. The van der Waals surface area contributed by atoms with Crippen LogP contribution >= 0.6 is 36.2 Å². The van der Waals surface area contributed by atoms with Crippen molar-refractivity contribution in [3.8, 4) is 0 Å². The molecule has 2 unspecified atom stereocenters. The highest BCUT2D eigenvalue weighted by Gasteiger charge is 2.25. The molecule has 0 aromatic carbocycles. The maximum atomic E-state index is 11.0. The summed E-state index contributed by atoms with van der Waals surface area (Å²) in [5.41, 5.74) is 6.88. The third-order valence-electron chi connectivity index (χ3n) is 3.57. The SMILES string of the molecule is CC(=O)Nc1nc(CN2CCC(C)CC2CN)cs1.Cl.Cl. The van der Waals surface area contributed by atoms with Crippen LogP contribution in [0.1, 0.15) is 32.4 Å². The second kappa shape index (κ2) is 9.58. The minimum atomic E-state index is -0.0764. The highest BCUT2D eigenvalue weighted by molar-refractivity contribution is 7.13. The standard InChI is InChI=1S/C13H22N4OS.2ClH/c1-9-3-4-17(12(5-9)6-14)7-11-8-19-13(16-11)15-10(2)18;;/h8-9,12H,3-7,14H2,1-2H3,(H,15,16,18);2*1H. The number of likely N-dealkylation sites (tertiary alicyclic amines) is 1. The first-order chi connectivity index (χ1) is 9.08. The zero-order valence-corrected chi connectivity index (χ0v) is 14.8. The van der Waals surface area contributed by atoms with Crippen molar-refractivity contribution in [3.63, 3.8) is 0 Å². The molecule has 0 saturated carbocycles. The number of hydrogen-bond acceptors (Lipinski definition) is 5. The first-order valence-electron chi connectivity index (χ1n) is 6.74. The molecule has 2 heterocycles. The number of amides is 1. The molecule has 2 atom stereocenters. The molecule has 0 bridgehead atoms. The molecule has 1 aromatic heterocycles. The lowest BCUT2D eigenvalue weighted by atomic mass is 9.92. The fraction of sp³-hybridized carbons (Fsp3) is 0.692. The minimum absolute atomic E-state index is 0. The van der Waals surface area contributed by atoms with Crippen molar-refractivity contribution in [2.75, 3.05) is 18.4 Å². The molecule has 1 amide bonds. The molecular formula is C13H24Cl2N4OS. The number of nitrogens with one attached hydrogen (secondary N) is 1. The van der Waals surface area contributed by atoms with E-state index >= 15 is 0 Å². The van der Waals surface area contributed by atoms with Gasteiger partial charge in [-0.25, -0.2) is 4.98 Å². The van der Waals surface area contributed by atoms with Crippen LogP contribution in [-0.4, -0.2) is 34.9 Å². The predicted molar refractivity (Wildman–Crippen MR) is 92.6 cm³/mol. The topological polar surface area (TPSA) is 71.2 Å². The third-order valence-corrected chi connectivity index (χ3v) is 4.38. The van der Waals surface area contributed by atoms with E-state index in [-0.39, 0.29) is 30.7 Å². The number of halogens is 2. The Hall–Kier alpha value is -0.400. The van der Waals surface area contributed by atoms with Gasteiger partial charge in [-0.05, 0) is 25.3 Å². The summed E-state index contributed by atoms with van der Waals surface area (Å²) in [4.78, 5) is 17.8. The Morgan fingerprint density at radius 3 is 2.90 bits per heavy atom. The van der Waals surface area contributed by atoms with Crippen LogP contribution in [0.15, 0.2) is 5.38 Å². The van der Waals surface area contributed by atoms with E-state index in [4.69, 9.17) is 5.73 Å². The number of anilines is 1. The first kappa shape index (κ1) is 20.6. The molecule has 0 radical (unpaired) electrons. The third kappa shape index (κ3) is 6.08. The zero-order valence-electron chi connectivity index (χ0n) is 12.4. The van der Waals surface area contributed by atoms with Crippen molar-refractivity contribution in [1.29, 1.82) is 0 Å². The van der Waals surface area contributed by atoms with E-state index in [2.05, 4.69) is 22.1 Å². The van der Waals surface area contributed by atoms with E-state index in [9.17, 15) is 4.79 Å². The lowest BCUT2D eigenvalue weighted by Gasteiger charge is -2.37. The Kier molecular flexibility index (Phi) is 9.40. The molecule has 2 rings (SSSR count). The van der Waals surface area contributed by atoms with E-state index in [1.54, 1.807) is 0 Å². The fourth-order valence-electron chi connectivity index (χ4n) is 2.55. The minimum Gasteiger partial charge on any atom is -0.329 e. The van der Waals surface area contributed by atoms with Gasteiger partial charge in [0.05, 0.1) is 5.69 Å². The summed E-state index contributed by atoms with van der Waals surface area (Å²) in [6.07, 6.45) is 2.39. The van der Waals surface area contributed by atoms with Crippen molar-refractivity contribution < 1.29 is 4.79 Å². The van der Waals surface area contributed by atoms with Gasteiger partial charge in [0.2, 0.25) is 5.91 Å². The summed E-state index contributed by atoms with van der Waals surface area (Å²) in [6.45, 7) is 6.39. The van der Waals surface area contributed by atoms with Gasteiger partial charge in [0.25, 0.3) is 0 Å².